The van der Waals surface area contributed by atoms with E-state index < -0.39 is 0 Å². The molecule has 2 heterocycles. The van der Waals surface area contributed by atoms with E-state index in [9.17, 15) is 0 Å². The van der Waals surface area contributed by atoms with Crippen LogP contribution in [0.1, 0.15) is 36.7 Å². The van der Waals surface area contributed by atoms with Crippen LogP contribution in [0.5, 0.6) is 0 Å². The number of likely N-dealkylation sites (tertiary alicyclic amines) is 1. The number of aliphatic imine (C=N–C) groups is 1. The minimum Gasteiger partial charge on any atom is -0.370 e. The highest BCUT2D eigenvalue weighted by Crippen LogP contribution is 2.19. The molecular formula is C20H30N6. The monoisotopic (exact) mass is 354 g/mol. The van der Waals surface area contributed by atoms with E-state index in [4.69, 9.17) is 5.73 Å². The summed E-state index contributed by atoms with van der Waals surface area (Å²) in [7, 11) is 0. The number of benzene rings is 1. The van der Waals surface area contributed by atoms with Gasteiger partial charge in [-0.05, 0) is 51.9 Å². The number of hydrogen-bond donors (Lipinski definition) is 2. The third-order valence-electron chi connectivity index (χ3n) is 5.27. The zero-order valence-corrected chi connectivity index (χ0v) is 16.1. The number of nitrogens with two attached hydrogens (primary N) is 1. The average molecular weight is 355 g/mol. The minimum atomic E-state index is 0.513. The normalized spacial score (nSPS) is 18.4. The van der Waals surface area contributed by atoms with Crippen LogP contribution in [-0.4, -0.2) is 46.3 Å². The highest BCUT2D eigenvalue weighted by molar-refractivity contribution is 5.77. The maximum Gasteiger partial charge on any atom is 0.188 e. The van der Waals surface area contributed by atoms with Crippen molar-refractivity contribution < 1.29 is 0 Å². The van der Waals surface area contributed by atoms with Gasteiger partial charge >= 0.3 is 0 Å². The molecule has 6 nitrogen and oxygen atoms in total. The maximum absolute atomic E-state index is 6.10. The lowest BCUT2D eigenvalue weighted by atomic mass is 10.2. The van der Waals surface area contributed by atoms with Gasteiger partial charge in [-0.3, -0.25) is 4.90 Å². The van der Waals surface area contributed by atoms with Crippen LogP contribution in [0.25, 0.3) is 5.69 Å². The van der Waals surface area contributed by atoms with E-state index in [2.05, 4.69) is 46.3 Å². The third-order valence-corrected chi connectivity index (χ3v) is 5.27. The van der Waals surface area contributed by atoms with Crippen molar-refractivity contribution in [2.75, 3.05) is 19.6 Å². The average Bonchev–Trinajstić information content (AvgIpc) is 3.23. The van der Waals surface area contributed by atoms with Crippen LogP contribution < -0.4 is 11.1 Å². The van der Waals surface area contributed by atoms with Crippen LogP contribution in [0.2, 0.25) is 0 Å². The van der Waals surface area contributed by atoms with Crippen LogP contribution in [0.4, 0.5) is 0 Å². The molecule has 0 amide bonds. The summed E-state index contributed by atoms with van der Waals surface area (Å²) < 4.78 is 1.97. The molecule has 1 aliphatic heterocycles. The van der Waals surface area contributed by atoms with Crippen molar-refractivity contribution in [2.24, 2.45) is 10.7 Å². The summed E-state index contributed by atoms with van der Waals surface area (Å²) in [5, 5.41) is 7.96. The van der Waals surface area contributed by atoms with E-state index in [1.54, 1.807) is 0 Å². The van der Waals surface area contributed by atoms with Gasteiger partial charge in [0.15, 0.2) is 5.96 Å². The molecule has 1 aliphatic rings. The predicted octanol–water partition coefficient (Wildman–Crippen LogP) is 2.38. The Kier molecular flexibility index (Phi) is 5.93. The Balaban J connectivity index is 1.63. The van der Waals surface area contributed by atoms with E-state index in [-0.39, 0.29) is 0 Å². The van der Waals surface area contributed by atoms with Crippen molar-refractivity contribution in [3.05, 3.63) is 47.3 Å². The number of hydrogen-bond acceptors (Lipinski definition) is 3. The van der Waals surface area contributed by atoms with Crippen LogP contribution in [0.3, 0.4) is 0 Å². The van der Waals surface area contributed by atoms with Gasteiger partial charge in [-0.25, -0.2) is 9.67 Å². The Bertz CT molecular complexity index is 749. The summed E-state index contributed by atoms with van der Waals surface area (Å²) in [5.41, 5.74) is 10.4. The number of nitrogens with one attached hydrogen (secondary N) is 1. The Morgan fingerprint density at radius 1 is 1.31 bits per heavy atom. The molecule has 0 bridgehead atoms. The summed E-state index contributed by atoms with van der Waals surface area (Å²) in [6.45, 7) is 10.0. The molecule has 1 atom stereocenters. The van der Waals surface area contributed by atoms with E-state index in [1.807, 2.05) is 29.8 Å². The van der Waals surface area contributed by atoms with Crippen LogP contribution >= 0.6 is 0 Å². The number of guanidine groups is 1. The van der Waals surface area contributed by atoms with Gasteiger partial charge in [-0.15, -0.1) is 0 Å². The van der Waals surface area contributed by atoms with E-state index in [0.29, 0.717) is 18.5 Å². The van der Waals surface area contributed by atoms with Gasteiger partial charge in [0.1, 0.15) is 0 Å². The Morgan fingerprint density at radius 2 is 2.08 bits per heavy atom. The molecule has 140 valence electrons. The first-order valence-corrected chi connectivity index (χ1v) is 9.48. The fourth-order valence-corrected chi connectivity index (χ4v) is 3.71. The molecule has 1 aromatic carbocycles. The summed E-state index contributed by atoms with van der Waals surface area (Å²) in [4.78, 5) is 7.04. The standard InChI is InChI=1S/C20H30N6/c1-4-25-12-8-11-18(25)13-22-20(21)23-14-19-15(2)24-26(16(19)3)17-9-6-5-7-10-17/h5-7,9-10,18H,4,8,11-14H2,1-3H3,(H3,21,22,23). The first-order chi connectivity index (χ1) is 12.6. The number of aryl methyl sites for hydroxylation is 1. The van der Waals surface area contributed by atoms with Crippen molar-refractivity contribution in [1.29, 1.82) is 0 Å². The smallest absolute Gasteiger partial charge is 0.188 e. The molecule has 1 aromatic heterocycles. The van der Waals surface area contributed by atoms with Crippen LogP contribution in [-0.2, 0) is 6.54 Å². The third kappa shape index (κ3) is 4.07. The largest absolute Gasteiger partial charge is 0.370 e. The lowest BCUT2D eigenvalue weighted by molar-refractivity contribution is 0.267. The van der Waals surface area contributed by atoms with Crippen molar-refractivity contribution in [3.8, 4) is 5.69 Å². The van der Waals surface area contributed by atoms with Crippen LogP contribution in [0.15, 0.2) is 35.3 Å². The molecule has 3 rings (SSSR count). The van der Waals surface area contributed by atoms with Gasteiger partial charge in [0.2, 0.25) is 0 Å². The minimum absolute atomic E-state index is 0.513. The Labute approximate surface area is 156 Å². The summed E-state index contributed by atoms with van der Waals surface area (Å²) in [5.74, 6) is 0.513. The van der Waals surface area contributed by atoms with Gasteiger partial charge in [0.05, 0.1) is 17.9 Å². The van der Waals surface area contributed by atoms with Gasteiger partial charge < -0.3 is 11.1 Å². The van der Waals surface area contributed by atoms with Crippen molar-refractivity contribution >= 4 is 5.96 Å². The Morgan fingerprint density at radius 3 is 2.81 bits per heavy atom. The first kappa shape index (κ1) is 18.5. The first-order valence-electron chi connectivity index (χ1n) is 9.48. The molecular weight excluding hydrogens is 324 g/mol. The number of rotatable bonds is 6. The Hall–Kier alpha value is -2.34. The van der Waals surface area contributed by atoms with Gasteiger partial charge in [0.25, 0.3) is 0 Å². The summed E-state index contributed by atoms with van der Waals surface area (Å²) >= 11 is 0. The molecule has 26 heavy (non-hydrogen) atoms. The molecule has 1 unspecified atom stereocenters. The van der Waals surface area contributed by atoms with Gasteiger partial charge in [-0.1, -0.05) is 25.1 Å². The van der Waals surface area contributed by atoms with E-state index in [0.717, 1.165) is 35.7 Å². The molecule has 1 saturated heterocycles. The van der Waals surface area contributed by atoms with E-state index in [1.165, 1.54) is 19.4 Å². The second kappa shape index (κ2) is 8.36. The fourth-order valence-electron chi connectivity index (χ4n) is 3.71. The fraction of sp³-hybridized carbons (Fsp3) is 0.500. The zero-order valence-electron chi connectivity index (χ0n) is 16.1. The molecule has 1 fully saturated rings. The molecule has 6 heteroatoms. The van der Waals surface area contributed by atoms with Crippen molar-refractivity contribution in [1.82, 2.24) is 20.0 Å². The second-order valence-corrected chi connectivity index (χ2v) is 6.90. The van der Waals surface area contributed by atoms with Gasteiger partial charge in [0, 0.05) is 23.8 Å². The highest BCUT2D eigenvalue weighted by atomic mass is 15.3. The van der Waals surface area contributed by atoms with Crippen molar-refractivity contribution in [3.63, 3.8) is 0 Å². The number of aromatic nitrogens is 2. The second-order valence-electron chi connectivity index (χ2n) is 6.90. The predicted molar refractivity (Wildman–Crippen MR) is 107 cm³/mol. The molecule has 0 saturated carbocycles. The highest BCUT2D eigenvalue weighted by Gasteiger charge is 2.22. The maximum atomic E-state index is 6.10. The van der Waals surface area contributed by atoms with E-state index >= 15 is 0 Å². The lowest BCUT2D eigenvalue weighted by Gasteiger charge is -2.23. The number of likely N-dealkylation sites (N-methyl/N-ethyl adjacent to an activating group) is 1. The summed E-state index contributed by atoms with van der Waals surface area (Å²) in [6, 6.07) is 10.7. The number of para-hydroxylation sites is 1. The molecule has 0 radical (unpaired) electrons. The van der Waals surface area contributed by atoms with Gasteiger partial charge in [-0.2, -0.15) is 5.10 Å². The van der Waals surface area contributed by atoms with Crippen molar-refractivity contribution in [2.45, 2.75) is 46.2 Å². The zero-order chi connectivity index (χ0) is 18.5. The molecule has 2 aromatic rings. The summed E-state index contributed by atoms with van der Waals surface area (Å²) in [6.07, 6.45) is 2.50. The molecule has 0 spiro atoms. The lowest BCUT2D eigenvalue weighted by Crippen LogP contribution is -2.42. The topological polar surface area (TPSA) is 71.5 Å². The SMILES string of the molecule is CCN1CCCC1CNC(N)=NCc1c(C)nn(-c2ccccc2)c1C. The van der Waals surface area contributed by atoms with Crippen LogP contribution in [0, 0.1) is 13.8 Å². The quantitative estimate of drug-likeness (QED) is 0.617. The number of nitrogens with zero attached hydrogens (tertiary/aromatic N) is 4. The molecule has 0 aliphatic carbocycles. The molecule has 3 N–H and O–H groups in total.